The Hall–Kier alpha value is -2.14. The molecule has 23 heavy (non-hydrogen) atoms. The molecule has 0 spiro atoms. The molecule has 0 saturated heterocycles. The number of para-hydroxylation sites is 1. The number of pyridine rings is 1. The number of hydrogen-bond acceptors (Lipinski definition) is 4. The summed E-state index contributed by atoms with van der Waals surface area (Å²) in [6.45, 7) is 8.01. The van der Waals surface area contributed by atoms with Crippen LogP contribution in [0.5, 0.6) is 0 Å². The number of rotatable bonds is 4. The lowest BCUT2D eigenvalue weighted by Gasteiger charge is -2.32. The summed E-state index contributed by atoms with van der Waals surface area (Å²) in [7, 11) is 0. The van der Waals surface area contributed by atoms with Gasteiger partial charge in [0.15, 0.2) is 5.82 Å². The van der Waals surface area contributed by atoms with Crippen LogP contribution in [0.15, 0.2) is 30.6 Å². The van der Waals surface area contributed by atoms with Crippen LogP contribution in [-0.4, -0.2) is 25.2 Å². The molecule has 3 N–H and O–H groups in total. The minimum atomic E-state index is -0.864. The number of fused-ring (bicyclic) bond motifs is 3. The number of anilines is 1. The number of aliphatic hydroxyl groups is 1. The minimum absolute atomic E-state index is 0.0855. The van der Waals surface area contributed by atoms with Crippen LogP contribution >= 0.6 is 0 Å². The van der Waals surface area contributed by atoms with E-state index in [-0.39, 0.29) is 6.04 Å². The summed E-state index contributed by atoms with van der Waals surface area (Å²) in [6, 6.07) is 7.82. The molecule has 3 aromatic rings. The number of nitrogens with zero attached hydrogens (tertiary/aromatic N) is 3. The molecule has 1 atom stereocenters. The monoisotopic (exact) mass is 312 g/mol. The molecule has 0 bridgehead atoms. The fourth-order valence-electron chi connectivity index (χ4n) is 3.19. The van der Waals surface area contributed by atoms with E-state index in [0.29, 0.717) is 17.3 Å². The maximum absolute atomic E-state index is 10.7. The first-order valence-corrected chi connectivity index (χ1v) is 8.02. The lowest BCUT2D eigenvalue weighted by molar-refractivity contribution is 0.0160. The lowest BCUT2D eigenvalue weighted by atomic mass is 9.90. The Morgan fingerprint density at radius 2 is 1.96 bits per heavy atom. The predicted molar refractivity (Wildman–Crippen MR) is 94.2 cm³/mol. The van der Waals surface area contributed by atoms with Crippen molar-refractivity contribution in [2.45, 2.75) is 45.8 Å². The SMILES string of the molecule is CC(C)C[C@@H](n1cnc2c(N)nc3ccccc3c21)C(C)(C)O. The van der Waals surface area contributed by atoms with Crippen molar-refractivity contribution in [2.24, 2.45) is 5.92 Å². The predicted octanol–water partition coefficient (Wildman–Crippen LogP) is 3.52. The number of imidazole rings is 1. The van der Waals surface area contributed by atoms with E-state index in [1.54, 1.807) is 6.33 Å². The first-order valence-electron chi connectivity index (χ1n) is 8.02. The smallest absolute Gasteiger partial charge is 0.152 e. The van der Waals surface area contributed by atoms with Gasteiger partial charge in [-0.15, -0.1) is 0 Å². The van der Waals surface area contributed by atoms with Crippen LogP contribution in [0, 0.1) is 5.92 Å². The zero-order chi connectivity index (χ0) is 16.8. The van der Waals surface area contributed by atoms with Crippen molar-refractivity contribution < 1.29 is 5.11 Å². The van der Waals surface area contributed by atoms with Crippen molar-refractivity contribution in [1.82, 2.24) is 14.5 Å². The van der Waals surface area contributed by atoms with Crippen molar-refractivity contribution in [3.05, 3.63) is 30.6 Å². The standard InChI is InChI=1S/C18H24N4O/c1-11(2)9-14(18(3,4)23)22-10-20-15-16(22)12-7-5-6-8-13(12)21-17(15)19/h5-8,10-11,14,23H,9H2,1-4H3,(H2,19,21)/t14-/m1/s1. The van der Waals surface area contributed by atoms with Gasteiger partial charge in [0, 0.05) is 5.39 Å². The van der Waals surface area contributed by atoms with Gasteiger partial charge in [-0.05, 0) is 32.3 Å². The molecule has 0 unspecified atom stereocenters. The van der Waals surface area contributed by atoms with Gasteiger partial charge in [0.1, 0.15) is 5.52 Å². The molecule has 122 valence electrons. The number of hydrogen-bond donors (Lipinski definition) is 2. The molecule has 1 aromatic carbocycles. The van der Waals surface area contributed by atoms with Gasteiger partial charge in [-0.2, -0.15) is 0 Å². The van der Waals surface area contributed by atoms with Crippen LogP contribution in [0.3, 0.4) is 0 Å². The molecule has 0 saturated carbocycles. The molecule has 0 aliphatic rings. The van der Waals surface area contributed by atoms with E-state index in [0.717, 1.165) is 22.8 Å². The summed E-state index contributed by atoms with van der Waals surface area (Å²) in [5, 5.41) is 11.7. The van der Waals surface area contributed by atoms with Gasteiger partial charge >= 0.3 is 0 Å². The van der Waals surface area contributed by atoms with E-state index in [2.05, 4.69) is 28.4 Å². The molecule has 2 heterocycles. The van der Waals surface area contributed by atoms with Crippen LogP contribution in [-0.2, 0) is 0 Å². The molecule has 0 radical (unpaired) electrons. The third-order valence-electron chi connectivity index (χ3n) is 4.28. The zero-order valence-electron chi connectivity index (χ0n) is 14.1. The number of nitrogens with two attached hydrogens (primary N) is 1. The second-order valence-electron chi connectivity index (χ2n) is 7.16. The maximum atomic E-state index is 10.7. The number of aromatic nitrogens is 3. The zero-order valence-corrected chi connectivity index (χ0v) is 14.1. The summed E-state index contributed by atoms with van der Waals surface area (Å²) in [4.78, 5) is 8.91. The lowest BCUT2D eigenvalue weighted by Crippen LogP contribution is -2.34. The summed E-state index contributed by atoms with van der Waals surface area (Å²) in [6.07, 6.45) is 2.63. The fourth-order valence-corrected chi connectivity index (χ4v) is 3.19. The molecule has 0 amide bonds. The average molecular weight is 312 g/mol. The molecule has 2 aromatic heterocycles. The van der Waals surface area contributed by atoms with Gasteiger partial charge in [0.05, 0.1) is 29.0 Å². The number of benzene rings is 1. The third kappa shape index (κ3) is 2.77. The van der Waals surface area contributed by atoms with Gasteiger partial charge in [-0.3, -0.25) is 0 Å². The highest BCUT2D eigenvalue weighted by atomic mass is 16.3. The Kier molecular flexibility index (Phi) is 3.76. The van der Waals surface area contributed by atoms with Crippen molar-refractivity contribution >= 4 is 27.8 Å². The molecule has 5 nitrogen and oxygen atoms in total. The summed E-state index contributed by atoms with van der Waals surface area (Å²) < 4.78 is 2.07. The van der Waals surface area contributed by atoms with E-state index in [1.165, 1.54) is 0 Å². The topological polar surface area (TPSA) is 77.0 Å². The molecule has 0 aliphatic heterocycles. The highest BCUT2D eigenvalue weighted by molar-refractivity contribution is 6.06. The van der Waals surface area contributed by atoms with Crippen molar-refractivity contribution in [2.75, 3.05) is 5.73 Å². The van der Waals surface area contributed by atoms with E-state index < -0.39 is 5.60 Å². The average Bonchev–Trinajstić information content (AvgIpc) is 2.89. The van der Waals surface area contributed by atoms with Crippen LogP contribution < -0.4 is 5.73 Å². The minimum Gasteiger partial charge on any atom is -0.388 e. The molecule has 3 rings (SSSR count). The van der Waals surface area contributed by atoms with Gasteiger partial charge in [0.25, 0.3) is 0 Å². The van der Waals surface area contributed by atoms with Gasteiger partial charge < -0.3 is 15.4 Å². The summed E-state index contributed by atoms with van der Waals surface area (Å²) in [5.74, 6) is 0.880. The van der Waals surface area contributed by atoms with Crippen molar-refractivity contribution in [1.29, 1.82) is 0 Å². The third-order valence-corrected chi connectivity index (χ3v) is 4.28. The molecule has 0 aliphatic carbocycles. The van der Waals surface area contributed by atoms with Crippen LogP contribution in [0.2, 0.25) is 0 Å². The van der Waals surface area contributed by atoms with Crippen LogP contribution in [0.1, 0.15) is 40.2 Å². The highest BCUT2D eigenvalue weighted by Gasteiger charge is 2.31. The van der Waals surface area contributed by atoms with Gasteiger partial charge in [-0.25, -0.2) is 9.97 Å². The molecular weight excluding hydrogens is 288 g/mol. The normalized spacial score (nSPS) is 14.0. The first-order chi connectivity index (χ1) is 10.8. The van der Waals surface area contributed by atoms with Crippen LogP contribution in [0.25, 0.3) is 21.9 Å². The largest absolute Gasteiger partial charge is 0.388 e. The van der Waals surface area contributed by atoms with Crippen molar-refractivity contribution in [3.63, 3.8) is 0 Å². The number of nitrogen functional groups attached to an aromatic ring is 1. The second kappa shape index (κ2) is 5.49. The van der Waals surface area contributed by atoms with Crippen molar-refractivity contribution in [3.8, 4) is 0 Å². The van der Waals surface area contributed by atoms with Crippen LogP contribution in [0.4, 0.5) is 5.82 Å². The van der Waals surface area contributed by atoms with E-state index in [1.807, 2.05) is 38.1 Å². The maximum Gasteiger partial charge on any atom is 0.152 e. The Labute approximate surface area is 136 Å². The van der Waals surface area contributed by atoms with Gasteiger partial charge in [-0.1, -0.05) is 32.0 Å². The summed E-state index contributed by atoms with van der Waals surface area (Å²) >= 11 is 0. The first kappa shape index (κ1) is 15.7. The van der Waals surface area contributed by atoms with Gasteiger partial charge in [0.2, 0.25) is 0 Å². The molecule has 0 fully saturated rings. The van der Waals surface area contributed by atoms with E-state index in [9.17, 15) is 5.11 Å². The van der Waals surface area contributed by atoms with E-state index in [4.69, 9.17) is 5.73 Å². The quantitative estimate of drug-likeness (QED) is 0.772. The fraction of sp³-hybridized carbons (Fsp3) is 0.444. The summed E-state index contributed by atoms with van der Waals surface area (Å²) in [5.41, 5.74) is 7.72. The second-order valence-corrected chi connectivity index (χ2v) is 7.16. The Morgan fingerprint density at radius 3 is 2.61 bits per heavy atom. The Morgan fingerprint density at radius 1 is 1.26 bits per heavy atom. The molecule has 5 heteroatoms. The Balaban J connectivity index is 2.32. The highest BCUT2D eigenvalue weighted by Crippen LogP contribution is 2.35. The molecular formula is C18H24N4O. The Bertz CT molecular complexity index is 845. The van der Waals surface area contributed by atoms with E-state index >= 15 is 0 Å².